The van der Waals surface area contributed by atoms with Crippen LogP contribution in [0.15, 0.2) is 18.2 Å². The molecular formula is C30H37F4N5O4. The Balaban J connectivity index is 1.68. The minimum absolute atomic E-state index is 0.0643. The monoisotopic (exact) mass is 607 g/mol. The van der Waals surface area contributed by atoms with Gasteiger partial charge in [-0.3, -0.25) is 19.3 Å². The summed E-state index contributed by atoms with van der Waals surface area (Å²) >= 11 is 0. The van der Waals surface area contributed by atoms with Gasteiger partial charge in [0.15, 0.2) is 0 Å². The molecule has 9 nitrogen and oxygen atoms in total. The zero-order valence-corrected chi connectivity index (χ0v) is 24.3. The van der Waals surface area contributed by atoms with E-state index >= 15 is 0 Å². The number of nitrogens with two attached hydrogens (primary N) is 1. The van der Waals surface area contributed by atoms with Crippen LogP contribution in [0, 0.1) is 46.2 Å². The molecule has 2 heterocycles. The first-order valence-corrected chi connectivity index (χ1v) is 14.4. The largest absolute Gasteiger partial charge is 0.419 e. The molecule has 4 N–H and O–H groups in total. The molecule has 43 heavy (non-hydrogen) atoms. The Kier molecular flexibility index (Phi) is 8.94. The average molecular weight is 608 g/mol. The summed E-state index contributed by atoms with van der Waals surface area (Å²) in [6, 6.07) is 2.21. The summed E-state index contributed by atoms with van der Waals surface area (Å²) in [5, 5.41) is 15.2. The number of fused-ring (bicyclic) bond motifs is 3. The quantitative estimate of drug-likeness (QED) is 0.354. The number of benzene rings is 1. The summed E-state index contributed by atoms with van der Waals surface area (Å²) in [6.07, 6.45) is -2.89. The Morgan fingerprint density at radius 3 is 2.56 bits per heavy atom. The number of nitrogens with one attached hydrogen (secondary N) is 2. The van der Waals surface area contributed by atoms with E-state index in [-0.39, 0.29) is 42.6 Å². The van der Waals surface area contributed by atoms with Crippen LogP contribution < -0.4 is 16.4 Å². The predicted molar refractivity (Wildman–Crippen MR) is 146 cm³/mol. The van der Waals surface area contributed by atoms with E-state index < -0.39 is 64.4 Å². The first kappa shape index (κ1) is 32.4. The van der Waals surface area contributed by atoms with Crippen LogP contribution in [-0.4, -0.2) is 59.6 Å². The van der Waals surface area contributed by atoms with Crippen LogP contribution in [0.1, 0.15) is 68.8 Å². The lowest BCUT2D eigenvalue weighted by molar-refractivity contribution is -0.140. The SMILES string of the molecule is C[C@@H]1CCCC[C@@](C=O)(NC(=O)c2ccc(F)c(C(F)(F)F)c2)CN2C[C@H]3[C@@H]([C@H]2C(=O)N[C@H](C#N)C[C@@H]1C(N)=O)C3(C)C. The van der Waals surface area contributed by atoms with Gasteiger partial charge in [0.25, 0.3) is 5.91 Å². The van der Waals surface area contributed by atoms with Gasteiger partial charge in [0.2, 0.25) is 11.8 Å². The molecule has 1 aliphatic carbocycles. The van der Waals surface area contributed by atoms with Gasteiger partial charge in [-0.25, -0.2) is 4.39 Å². The van der Waals surface area contributed by atoms with E-state index in [2.05, 4.69) is 16.7 Å². The molecule has 0 bridgehead atoms. The Hall–Kier alpha value is -3.53. The number of carbonyl (C=O) groups is 4. The molecule has 1 aromatic rings. The number of carbonyl (C=O) groups excluding carboxylic acids is 4. The Bertz CT molecular complexity index is 1330. The number of halogens is 4. The molecule has 0 radical (unpaired) electrons. The number of amides is 3. The van der Waals surface area contributed by atoms with Gasteiger partial charge in [-0.1, -0.05) is 33.6 Å². The first-order valence-electron chi connectivity index (χ1n) is 14.4. The standard InChI is InChI=1S/C30H37F4N5O4/c1-16-6-4-5-9-29(15-40,38-26(42)17-7-8-22(31)20(10-17)30(32,33)34)14-39-13-21-23(28(21,2)3)24(39)27(43)37-18(12-35)11-19(16)25(36)41/h7-8,10,15-16,18-19,21,23-24H,4-6,9,11,13-14H2,1-3H3,(H2,36,41)(H,37,43)(H,38,42)/t16-,18+,19+,21+,23+,24+,29-/m1/s1. The third-order valence-electron chi connectivity index (χ3n) is 9.73. The van der Waals surface area contributed by atoms with E-state index in [4.69, 9.17) is 5.73 Å². The summed E-state index contributed by atoms with van der Waals surface area (Å²) in [7, 11) is 0. The van der Waals surface area contributed by atoms with Crippen LogP contribution >= 0.6 is 0 Å². The van der Waals surface area contributed by atoms with E-state index in [1.54, 1.807) is 4.90 Å². The van der Waals surface area contributed by atoms with Gasteiger partial charge in [0, 0.05) is 24.6 Å². The van der Waals surface area contributed by atoms with E-state index in [0.717, 1.165) is 6.07 Å². The maximum absolute atomic E-state index is 13.9. The number of alkyl halides is 3. The van der Waals surface area contributed by atoms with Crippen molar-refractivity contribution in [2.75, 3.05) is 13.1 Å². The van der Waals surface area contributed by atoms with Gasteiger partial charge in [0.05, 0.1) is 17.7 Å². The number of hydrogen-bond acceptors (Lipinski definition) is 6. The fourth-order valence-electron chi connectivity index (χ4n) is 7.09. The molecule has 13 heteroatoms. The minimum atomic E-state index is -5.03. The van der Waals surface area contributed by atoms with Gasteiger partial charge in [-0.05, 0) is 60.6 Å². The molecule has 0 unspecified atom stereocenters. The van der Waals surface area contributed by atoms with E-state index in [9.17, 15) is 42.0 Å². The summed E-state index contributed by atoms with van der Waals surface area (Å²) in [4.78, 5) is 53.8. The molecule has 234 valence electrons. The Morgan fingerprint density at radius 1 is 1.26 bits per heavy atom. The van der Waals surface area contributed by atoms with Crippen molar-refractivity contribution >= 4 is 24.0 Å². The zero-order valence-electron chi connectivity index (χ0n) is 24.3. The second-order valence-electron chi connectivity index (χ2n) is 12.9. The van der Waals surface area contributed by atoms with Crippen molar-refractivity contribution in [1.82, 2.24) is 15.5 Å². The summed E-state index contributed by atoms with van der Waals surface area (Å²) < 4.78 is 53.9. The van der Waals surface area contributed by atoms with Crippen molar-refractivity contribution in [1.29, 1.82) is 5.26 Å². The molecular weight excluding hydrogens is 570 g/mol. The normalized spacial score (nSPS) is 33.1. The average Bonchev–Trinajstić information content (AvgIpc) is 3.24. The zero-order chi connectivity index (χ0) is 31.9. The topological polar surface area (TPSA) is 145 Å². The number of nitrogens with zero attached hydrogens (tertiary/aromatic N) is 2. The van der Waals surface area contributed by atoms with Crippen molar-refractivity contribution in [3.05, 3.63) is 35.1 Å². The van der Waals surface area contributed by atoms with E-state index in [1.807, 2.05) is 20.8 Å². The van der Waals surface area contributed by atoms with Crippen LogP contribution in [0.2, 0.25) is 0 Å². The van der Waals surface area contributed by atoms with E-state index in [0.29, 0.717) is 44.2 Å². The predicted octanol–water partition coefficient (Wildman–Crippen LogP) is 3.18. The van der Waals surface area contributed by atoms with Crippen molar-refractivity contribution in [2.45, 2.75) is 76.7 Å². The highest BCUT2D eigenvalue weighted by atomic mass is 19.4. The Morgan fingerprint density at radius 2 is 1.95 bits per heavy atom. The third-order valence-corrected chi connectivity index (χ3v) is 9.73. The van der Waals surface area contributed by atoms with Crippen LogP contribution in [0.5, 0.6) is 0 Å². The lowest BCUT2D eigenvalue weighted by Gasteiger charge is -2.38. The molecule has 1 saturated carbocycles. The first-order chi connectivity index (χ1) is 20.0. The maximum atomic E-state index is 13.9. The highest BCUT2D eigenvalue weighted by Crippen LogP contribution is 2.65. The number of nitriles is 1. The lowest BCUT2D eigenvalue weighted by Crippen LogP contribution is -2.60. The molecule has 0 aromatic heterocycles. The van der Waals surface area contributed by atoms with Crippen LogP contribution in [0.4, 0.5) is 17.6 Å². The highest BCUT2D eigenvalue weighted by Gasteiger charge is 2.68. The van der Waals surface area contributed by atoms with Gasteiger partial charge in [-0.2, -0.15) is 18.4 Å². The van der Waals surface area contributed by atoms with Crippen LogP contribution in [0.25, 0.3) is 0 Å². The van der Waals surface area contributed by atoms with Crippen molar-refractivity contribution in [2.24, 2.45) is 34.8 Å². The van der Waals surface area contributed by atoms with Gasteiger partial charge >= 0.3 is 6.18 Å². The minimum Gasteiger partial charge on any atom is -0.369 e. The fraction of sp³-hybridized carbons (Fsp3) is 0.633. The van der Waals surface area contributed by atoms with Gasteiger partial charge < -0.3 is 21.2 Å². The molecule has 2 saturated heterocycles. The number of primary amides is 1. The molecule has 1 aromatic carbocycles. The molecule has 7 atom stereocenters. The molecule has 2 aliphatic heterocycles. The second-order valence-corrected chi connectivity index (χ2v) is 12.9. The van der Waals surface area contributed by atoms with Crippen molar-refractivity contribution in [3.8, 4) is 6.07 Å². The fourth-order valence-corrected chi connectivity index (χ4v) is 7.09. The number of piperidine rings is 1. The van der Waals surface area contributed by atoms with Crippen LogP contribution in [0.3, 0.4) is 0 Å². The molecule has 4 rings (SSSR count). The molecule has 0 spiro atoms. The second kappa shape index (κ2) is 11.9. The number of rotatable bonds is 4. The number of hydrogen-bond donors (Lipinski definition) is 3. The van der Waals surface area contributed by atoms with Crippen molar-refractivity contribution < 1.29 is 36.7 Å². The van der Waals surface area contributed by atoms with Crippen LogP contribution in [-0.2, 0) is 20.6 Å². The van der Waals surface area contributed by atoms with Crippen molar-refractivity contribution in [3.63, 3.8) is 0 Å². The van der Waals surface area contributed by atoms with Gasteiger partial charge in [0.1, 0.15) is 23.7 Å². The smallest absolute Gasteiger partial charge is 0.369 e. The molecule has 3 amide bonds. The Labute approximate surface area is 247 Å². The summed E-state index contributed by atoms with van der Waals surface area (Å²) in [5.41, 5.74) is 1.81. The summed E-state index contributed by atoms with van der Waals surface area (Å²) in [5.74, 6) is -4.49. The molecule has 3 fully saturated rings. The lowest BCUT2D eigenvalue weighted by atomic mass is 9.83. The molecule has 3 aliphatic rings. The van der Waals surface area contributed by atoms with E-state index in [1.165, 1.54) is 0 Å². The maximum Gasteiger partial charge on any atom is 0.419 e. The summed E-state index contributed by atoms with van der Waals surface area (Å²) in [6.45, 7) is 6.19. The number of aldehydes is 1. The van der Waals surface area contributed by atoms with Gasteiger partial charge in [-0.15, -0.1) is 0 Å². The third kappa shape index (κ3) is 6.54. The highest BCUT2D eigenvalue weighted by molar-refractivity contribution is 5.96.